The number of para-hydroxylation sites is 2. The van der Waals surface area contributed by atoms with Gasteiger partial charge in [-0.05, 0) is 74.5 Å². The molecular formula is C56H48N3OPt-. The van der Waals surface area contributed by atoms with Crippen molar-refractivity contribution < 1.29 is 26.2 Å². The molecule has 2 aromatic heterocycles. The monoisotopic (exact) mass is 973 g/mol. The molecule has 0 aliphatic heterocycles. The van der Waals surface area contributed by atoms with Gasteiger partial charge in [0.25, 0.3) is 0 Å². The van der Waals surface area contributed by atoms with Gasteiger partial charge in [-0.2, -0.15) is 0 Å². The van der Waals surface area contributed by atoms with Crippen LogP contribution in [-0.4, -0.2) is 19.6 Å². The zero-order valence-electron chi connectivity index (χ0n) is 35.3. The van der Waals surface area contributed by atoms with Crippen LogP contribution in [0, 0.1) is 6.07 Å². The molecule has 9 aromatic rings. The number of phenolic OH excluding ortho intramolecular Hbond substituents is 1. The van der Waals surface area contributed by atoms with E-state index in [1.54, 1.807) is 6.07 Å². The average Bonchev–Trinajstić information content (AvgIpc) is 3.66. The molecule has 0 amide bonds. The van der Waals surface area contributed by atoms with Crippen molar-refractivity contribution in [2.75, 3.05) is 0 Å². The first kappa shape index (κ1) is 41.4. The second-order valence-electron chi connectivity index (χ2n) is 17.6. The maximum Gasteiger partial charge on any atom is 0.148 e. The van der Waals surface area contributed by atoms with Crippen LogP contribution in [0.4, 0.5) is 0 Å². The smallest absolute Gasteiger partial charge is 0.148 e. The third-order valence-electron chi connectivity index (χ3n) is 11.4. The Morgan fingerprint density at radius 2 is 1.10 bits per heavy atom. The van der Waals surface area contributed by atoms with Gasteiger partial charge in [-0.1, -0.05) is 186 Å². The van der Waals surface area contributed by atoms with Crippen LogP contribution in [0.5, 0.6) is 5.75 Å². The number of aromatic nitrogens is 3. The summed E-state index contributed by atoms with van der Waals surface area (Å²) in [4.78, 5) is 10.4. The van der Waals surface area contributed by atoms with E-state index in [2.05, 4.69) is 186 Å². The fraction of sp³-hybridized carbons (Fsp3) is 0.143. The van der Waals surface area contributed by atoms with Crippen molar-refractivity contribution >= 4 is 11.0 Å². The zero-order chi connectivity index (χ0) is 41.6. The fourth-order valence-electron chi connectivity index (χ4n) is 8.02. The van der Waals surface area contributed by atoms with Gasteiger partial charge in [0.15, 0.2) is 0 Å². The molecule has 2 heterocycles. The normalized spacial score (nSPS) is 11.7. The number of hydrogen-bond donors (Lipinski definition) is 1. The number of pyridine rings is 1. The first-order chi connectivity index (χ1) is 28.9. The summed E-state index contributed by atoms with van der Waals surface area (Å²) in [5, 5.41) is 11.5. The average molecular weight is 974 g/mol. The van der Waals surface area contributed by atoms with Crippen molar-refractivity contribution in [1.82, 2.24) is 14.5 Å². The SMILES string of the molecule is CC(C)(C)c1ccc(-c2ccc(C(C)(C)C)cc2-n2c(-c3ccccc3O)nc3c(-c4[c-]c(-c5cc(-c6ccccc6)ccn5)cc(-c5ccccc5)c4)cccc32)cc1.[Pt]. The summed E-state index contributed by atoms with van der Waals surface area (Å²) in [6, 6.07) is 62.8. The van der Waals surface area contributed by atoms with Gasteiger partial charge in [-0.15, -0.1) is 23.8 Å². The quantitative estimate of drug-likeness (QED) is 0.162. The van der Waals surface area contributed by atoms with Crippen molar-refractivity contribution in [2.24, 2.45) is 0 Å². The van der Waals surface area contributed by atoms with E-state index in [9.17, 15) is 5.11 Å². The number of phenols is 1. The number of aromatic hydroxyl groups is 1. The second-order valence-corrected chi connectivity index (χ2v) is 17.6. The summed E-state index contributed by atoms with van der Waals surface area (Å²) < 4.78 is 2.24. The second kappa shape index (κ2) is 16.6. The predicted molar refractivity (Wildman–Crippen MR) is 249 cm³/mol. The standard InChI is InChI=1S/C56H48N3O.Pt/c1-55(2,3)44-26-24-39(25-27-44)46-29-28-45(56(4,5)6)36-51(46)59-50-22-15-21-47(53(50)58-54(59)48-20-13-14-23-52(48)60)42-32-41(38-18-11-8-12-19-38)33-43(34-42)49-35-40(30-31-57-49)37-16-9-7-10-17-37;/h7-33,35-36,60H,1-6H3;/q-1;. The third kappa shape index (κ3) is 8.26. The van der Waals surface area contributed by atoms with Gasteiger partial charge >= 0.3 is 0 Å². The fourth-order valence-corrected chi connectivity index (χ4v) is 8.02. The summed E-state index contributed by atoms with van der Waals surface area (Å²) in [5.41, 5.74) is 15.9. The molecule has 0 spiro atoms. The van der Waals surface area contributed by atoms with Crippen LogP contribution in [-0.2, 0) is 31.9 Å². The molecule has 7 aromatic carbocycles. The van der Waals surface area contributed by atoms with Gasteiger partial charge in [-0.25, -0.2) is 4.98 Å². The van der Waals surface area contributed by atoms with Crippen molar-refractivity contribution in [3.63, 3.8) is 0 Å². The van der Waals surface area contributed by atoms with Crippen LogP contribution in [0.1, 0.15) is 52.7 Å². The summed E-state index contributed by atoms with van der Waals surface area (Å²) in [7, 11) is 0. The van der Waals surface area contributed by atoms with Crippen molar-refractivity contribution in [3.05, 3.63) is 193 Å². The summed E-state index contributed by atoms with van der Waals surface area (Å²) in [6.45, 7) is 13.5. The molecule has 0 fully saturated rings. The van der Waals surface area contributed by atoms with Crippen molar-refractivity contribution in [2.45, 2.75) is 52.4 Å². The molecule has 5 heteroatoms. The summed E-state index contributed by atoms with van der Waals surface area (Å²) in [5.74, 6) is 0.828. The summed E-state index contributed by atoms with van der Waals surface area (Å²) >= 11 is 0. The van der Waals surface area contributed by atoms with Crippen molar-refractivity contribution in [1.29, 1.82) is 0 Å². The Morgan fingerprint density at radius 1 is 0.492 bits per heavy atom. The molecule has 0 bridgehead atoms. The minimum atomic E-state index is -0.116. The number of benzene rings is 7. The Hall–Kier alpha value is -6.35. The van der Waals surface area contributed by atoms with E-state index in [4.69, 9.17) is 9.97 Å². The van der Waals surface area contributed by atoms with E-state index in [-0.39, 0.29) is 37.6 Å². The molecule has 0 aliphatic carbocycles. The Balaban J connectivity index is 0.00000514. The molecule has 0 saturated heterocycles. The molecule has 9 rings (SSSR count). The molecule has 0 aliphatic rings. The number of rotatable bonds is 7. The third-order valence-corrected chi connectivity index (χ3v) is 11.4. The Morgan fingerprint density at radius 3 is 1.77 bits per heavy atom. The molecule has 1 N–H and O–H groups in total. The molecule has 4 nitrogen and oxygen atoms in total. The molecule has 61 heavy (non-hydrogen) atoms. The largest absolute Gasteiger partial charge is 0.507 e. The number of hydrogen-bond acceptors (Lipinski definition) is 3. The van der Waals surface area contributed by atoms with Gasteiger partial charge in [0.1, 0.15) is 11.6 Å². The van der Waals surface area contributed by atoms with Crippen LogP contribution in [0.25, 0.3) is 83.9 Å². The van der Waals surface area contributed by atoms with Crippen LogP contribution in [0.15, 0.2) is 176 Å². The van der Waals surface area contributed by atoms with E-state index < -0.39 is 0 Å². The Bertz CT molecular complexity index is 2990. The first-order valence-corrected chi connectivity index (χ1v) is 20.6. The molecular weight excluding hydrogens is 926 g/mol. The minimum absolute atomic E-state index is 0. The predicted octanol–water partition coefficient (Wildman–Crippen LogP) is 14.5. The zero-order valence-corrected chi connectivity index (χ0v) is 37.6. The number of nitrogens with zero attached hydrogens (tertiary/aromatic N) is 3. The maximum absolute atomic E-state index is 11.5. The van der Waals surface area contributed by atoms with Gasteiger partial charge < -0.3 is 5.11 Å². The minimum Gasteiger partial charge on any atom is -0.507 e. The molecule has 0 atom stereocenters. The van der Waals surface area contributed by atoms with E-state index in [0.29, 0.717) is 11.4 Å². The van der Waals surface area contributed by atoms with E-state index >= 15 is 0 Å². The summed E-state index contributed by atoms with van der Waals surface area (Å²) in [6.07, 6.45) is 1.88. The Labute approximate surface area is 373 Å². The molecule has 0 unspecified atom stereocenters. The van der Waals surface area contributed by atoms with E-state index in [0.717, 1.165) is 72.5 Å². The van der Waals surface area contributed by atoms with Gasteiger partial charge in [0.2, 0.25) is 0 Å². The Kier molecular flexibility index (Phi) is 11.3. The molecule has 304 valence electrons. The van der Waals surface area contributed by atoms with E-state index in [1.807, 2.05) is 36.5 Å². The van der Waals surface area contributed by atoms with Crippen LogP contribution in [0.3, 0.4) is 0 Å². The number of imidazole rings is 1. The van der Waals surface area contributed by atoms with Crippen LogP contribution >= 0.6 is 0 Å². The number of fused-ring (bicyclic) bond motifs is 1. The molecule has 0 radical (unpaired) electrons. The maximum atomic E-state index is 11.5. The van der Waals surface area contributed by atoms with Crippen molar-refractivity contribution in [3.8, 4) is 78.6 Å². The van der Waals surface area contributed by atoms with Gasteiger partial charge in [0, 0.05) is 38.5 Å². The molecule has 0 saturated carbocycles. The van der Waals surface area contributed by atoms with Crippen LogP contribution in [0.2, 0.25) is 0 Å². The van der Waals surface area contributed by atoms with Crippen LogP contribution < -0.4 is 0 Å². The van der Waals surface area contributed by atoms with Gasteiger partial charge in [-0.3, -0.25) is 9.55 Å². The first-order valence-electron chi connectivity index (χ1n) is 20.6. The van der Waals surface area contributed by atoms with Gasteiger partial charge in [0.05, 0.1) is 22.3 Å². The van der Waals surface area contributed by atoms with E-state index in [1.165, 1.54) is 11.1 Å². The topological polar surface area (TPSA) is 50.9 Å².